The zero-order valence-electron chi connectivity index (χ0n) is 14.9. The highest BCUT2D eigenvalue weighted by Crippen LogP contribution is 2.15. The Hall–Kier alpha value is -1.98. The van der Waals surface area contributed by atoms with Crippen molar-refractivity contribution in [1.82, 2.24) is 25.0 Å². The molecule has 10 heteroatoms. The summed E-state index contributed by atoms with van der Waals surface area (Å²) in [7, 11) is 3.72. The van der Waals surface area contributed by atoms with Gasteiger partial charge in [0.25, 0.3) is 0 Å². The largest absolute Gasteiger partial charge is 0.435 e. The van der Waals surface area contributed by atoms with Gasteiger partial charge < -0.3 is 15.0 Å². The second-order valence-corrected chi connectivity index (χ2v) is 5.35. The number of rotatable bonds is 7. The van der Waals surface area contributed by atoms with Crippen LogP contribution in [-0.4, -0.2) is 45.8 Å². The molecule has 7 nitrogen and oxygen atoms in total. The first kappa shape index (κ1) is 22.1. The van der Waals surface area contributed by atoms with E-state index in [4.69, 9.17) is 0 Å². The summed E-state index contributed by atoms with van der Waals surface area (Å²) >= 11 is 0. The molecule has 2 aromatic rings. The number of hydrogen-bond acceptors (Lipinski definition) is 4. The van der Waals surface area contributed by atoms with Gasteiger partial charge in [-0.15, -0.1) is 24.0 Å². The molecule has 0 aliphatic carbocycles. The molecule has 0 atom stereocenters. The fraction of sp³-hybridized carbons (Fsp3) is 0.438. The highest BCUT2D eigenvalue weighted by Gasteiger charge is 2.09. The van der Waals surface area contributed by atoms with Crippen molar-refractivity contribution >= 4 is 29.9 Å². The monoisotopic (exact) mass is 480 g/mol. The molecule has 0 amide bonds. The average Bonchev–Trinajstić information content (AvgIpc) is 2.98. The maximum absolute atomic E-state index is 12.2. The number of guanidine groups is 1. The maximum atomic E-state index is 12.2. The molecule has 1 aromatic heterocycles. The van der Waals surface area contributed by atoms with Crippen LogP contribution in [0.5, 0.6) is 5.75 Å². The average molecular weight is 480 g/mol. The predicted octanol–water partition coefficient (Wildman–Crippen LogP) is 2.63. The summed E-state index contributed by atoms with van der Waals surface area (Å²) in [5, 5.41) is 7.24. The third kappa shape index (κ3) is 6.73. The van der Waals surface area contributed by atoms with Gasteiger partial charge in [-0.3, -0.25) is 4.68 Å². The molecule has 1 aromatic carbocycles. The fourth-order valence-electron chi connectivity index (χ4n) is 2.20. The molecule has 0 unspecified atom stereocenters. The summed E-state index contributed by atoms with van der Waals surface area (Å²) in [6, 6.07) is 6.55. The Morgan fingerprint density at radius 2 is 2.04 bits per heavy atom. The number of nitrogens with zero attached hydrogens (tertiary/aromatic N) is 5. The number of aryl methyl sites for hydroxylation is 1. The van der Waals surface area contributed by atoms with Crippen molar-refractivity contribution in [2.24, 2.45) is 12.0 Å². The van der Waals surface area contributed by atoms with E-state index in [9.17, 15) is 8.78 Å². The van der Waals surface area contributed by atoms with Gasteiger partial charge in [-0.2, -0.15) is 13.9 Å². The molecular weight excluding hydrogens is 457 g/mol. The summed E-state index contributed by atoms with van der Waals surface area (Å²) in [6.07, 6.45) is 1.49. The Morgan fingerprint density at radius 3 is 2.58 bits per heavy atom. The van der Waals surface area contributed by atoms with E-state index in [1.165, 1.54) is 18.5 Å². The summed E-state index contributed by atoms with van der Waals surface area (Å²) in [5.74, 6) is 1.62. The third-order valence-corrected chi connectivity index (χ3v) is 3.44. The molecular formula is C16H23F2IN6O. The quantitative estimate of drug-likeness (QED) is 0.375. The molecule has 0 aliphatic rings. The van der Waals surface area contributed by atoms with Gasteiger partial charge >= 0.3 is 6.61 Å². The Kier molecular flexibility index (Phi) is 9.24. The van der Waals surface area contributed by atoms with Gasteiger partial charge in [0.2, 0.25) is 0 Å². The second kappa shape index (κ2) is 10.9. The molecule has 0 saturated carbocycles. The van der Waals surface area contributed by atoms with Gasteiger partial charge in [-0.25, -0.2) is 9.98 Å². The van der Waals surface area contributed by atoms with Crippen molar-refractivity contribution in [3.05, 3.63) is 42.0 Å². The van der Waals surface area contributed by atoms with Crippen LogP contribution in [0.2, 0.25) is 0 Å². The summed E-state index contributed by atoms with van der Waals surface area (Å²) in [5.41, 5.74) is 0.952. The van der Waals surface area contributed by atoms with Crippen molar-refractivity contribution in [2.45, 2.75) is 26.6 Å². The first-order valence-corrected chi connectivity index (χ1v) is 7.85. The number of aromatic nitrogens is 3. The summed E-state index contributed by atoms with van der Waals surface area (Å²) in [6.45, 7) is 0.872. The lowest BCUT2D eigenvalue weighted by Crippen LogP contribution is -2.38. The Bertz CT molecular complexity index is 692. The van der Waals surface area contributed by atoms with Gasteiger partial charge in [0.05, 0.1) is 0 Å². The highest BCUT2D eigenvalue weighted by atomic mass is 127. The highest BCUT2D eigenvalue weighted by molar-refractivity contribution is 14.0. The van der Waals surface area contributed by atoms with Crippen LogP contribution in [0.15, 0.2) is 35.6 Å². The number of hydrogen-bond donors (Lipinski definition) is 1. The van der Waals surface area contributed by atoms with Crippen LogP contribution in [0.1, 0.15) is 18.3 Å². The first-order chi connectivity index (χ1) is 12.0. The maximum Gasteiger partial charge on any atom is 0.387 e. The van der Waals surface area contributed by atoms with E-state index in [0.29, 0.717) is 13.1 Å². The molecule has 1 heterocycles. The van der Waals surface area contributed by atoms with Crippen LogP contribution in [0, 0.1) is 0 Å². The van der Waals surface area contributed by atoms with Crippen LogP contribution < -0.4 is 10.1 Å². The van der Waals surface area contributed by atoms with E-state index in [-0.39, 0.29) is 29.7 Å². The number of benzene rings is 1. The number of alkyl halides is 2. The summed E-state index contributed by atoms with van der Waals surface area (Å²) < 4.78 is 30.4. The normalized spacial score (nSPS) is 11.2. The molecule has 1 N–H and O–H groups in total. The van der Waals surface area contributed by atoms with Gasteiger partial charge in [0, 0.05) is 27.2 Å². The number of halogens is 3. The molecule has 0 saturated heterocycles. The predicted molar refractivity (Wildman–Crippen MR) is 106 cm³/mol. The Morgan fingerprint density at radius 1 is 1.35 bits per heavy atom. The molecule has 0 radical (unpaired) electrons. The standard InChI is InChI=1S/C16H22F2N6O.HI/c1-4-19-16(20-9-14-21-11-22-24(14)3)23(2)10-12-5-7-13(8-6-12)25-15(17)18;/h5-8,11,15H,4,9-10H2,1-3H3,(H,19,20);1H. The van der Waals surface area contributed by atoms with Crippen LogP contribution in [0.3, 0.4) is 0 Å². The van der Waals surface area contributed by atoms with Crippen molar-refractivity contribution in [3.8, 4) is 5.75 Å². The minimum Gasteiger partial charge on any atom is -0.435 e. The minimum atomic E-state index is -2.82. The van der Waals surface area contributed by atoms with E-state index < -0.39 is 6.61 Å². The van der Waals surface area contributed by atoms with Gasteiger partial charge in [0.15, 0.2) is 5.96 Å². The van der Waals surface area contributed by atoms with E-state index in [0.717, 1.165) is 23.9 Å². The number of ether oxygens (including phenoxy) is 1. The number of aliphatic imine (C=N–C) groups is 1. The number of nitrogens with one attached hydrogen (secondary N) is 1. The van der Waals surface area contributed by atoms with E-state index in [1.54, 1.807) is 16.8 Å². The fourth-order valence-corrected chi connectivity index (χ4v) is 2.20. The van der Waals surface area contributed by atoms with Crippen LogP contribution >= 0.6 is 24.0 Å². The van der Waals surface area contributed by atoms with Crippen LogP contribution in [-0.2, 0) is 20.1 Å². The Balaban J connectivity index is 0.00000338. The van der Waals surface area contributed by atoms with Gasteiger partial charge in [0.1, 0.15) is 24.4 Å². The van der Waals surface area contributed by atoms with Gasteiger partial charge in [-0.1, -0.05) is 12.1 Å². The minimum absolute atomic E-state index is 0. The van der Waals surface area contributed by atoms with E-state index in [2.05, 4.69) is 25.1 Å². The lowest BCUT2D eigenvalue weighted by Gasteiger charge is -2.22. The molecule has 144 valence electrons. The Labute approximate surface area is 168 Å². The zero-order chi connectivity index (χ0) is 18.2. The molecule has 0 bridgehead atoms. The second-order valence-electron chi connectivity index (χ2n) is 5.35. The molecule has 0 fully saturated rings. The first-order valence-electron chi connectivity index (χ1n) is 7.85. The topological polar surface area (TPSA) is 67.6 Å². The SMILES string of the molecule is CCNC(=NCc1ncnn1C)N(C)Cc1ccc(OC(F)F)cc1.I. The molecule has 2 rings (SSSR count). The molecule has 0 spiro atoms. The molecule has 0 aliphatic heterocycles. The lowest BCUT2D eigenvalue weighted by molar-refractivity contribution is -0.0498. The summed E-state index contributed by atoms with van der Waals surface area (Å²) in [4.78, 5) is 10.6. The van der Waals surface area contributed by atoms with Gasteiger partial charge in [-0.05, 0) is 24.6 Å². The zero-order valence-corrected chi connectivity index (χ0v) is 17.2. The third-order valence-electron chi connectivity index (χ3n) is 3.44. The van der Waals surface area contributed by atoms with E-state index in [1.807, 2.05) is 25.9 Å². The van der Waals surface area contributed by atoms with Crippen molar-refractivity contribution in [2.75, 3.05) is 13.6 Å². The van der Waals surface area contributed by atoms with Crippen molar-refractivity contribution in [3.63, 3.8) is 0 Å². The van der Waals surface area contributed by atoms with Crippen molar-refractivity contribution < 1.29 is 13.5 Å². The van der Waals surface area contributed by atoms with Crippen LogP contribution in [0.25, 0.3) is 0 Å². The van der Waals surface area contributed by atoms with Crippen molar-refractivity contribution in [1.29, 1.82) is 0 Å². The smallest absolute Gasteiger partial charge is 0.387 e. The van der Waals surface area contributed by atoms with Crippen LogP contribution in [0.4, 0.5) is 8.78 Å². The lowest BCUT2D eigenvalue weighted by atomic mass is 10.2. The molecule has 26 heavy (non-hydrogen) atoms. The van der Waals surface area contributed by atoms with E-state index >= 15 is 0 Å².